The maximum Gasteiger partial charge on any atom is 0.352 e. The summed E-state index contributed by atoms with van der Waals surface area (Å²) in [6, 6.07) is 0. The van der Waals surface area contributed by atoms with Crippen molar-refractivity contribution >= 4 is 22.0 Å². The van der Waals surface area contributed by atoms with E-state index in [0.717, 1.165) is 10.6 Å². The quantitative estimate of drug-likeness (QED) is 0.497. The van der Waals surface area contributed by atoms with Gasteiger partial charge in [0.2, 0.25) is 0 Å². The average Bonchev–Trinajstić information content (AvgIpc) is 2.52. The minimum atomic E-state index is -0.737. The van der Waals surface area contributed by atoms with Gasteiger partial charge >= 0.3 is 11.2 Å². The van der Waals surface area contributed by atoms with Crippen molar-refractivity contribution in [3.8, 4) is 0 Å². The van der Waals surface area contributed by atoms with Crippen molar-refractivity contribution < 1.29 is 4.92 Å². The van der Waals surface area contributed by atoms with E-state index in [1.54, 1.807) is 5.38 Å². The Labute approximate surface area is 75.2 Å². The Bertz CT molecular complexity index is 529. The molecular formula is C6H3N3O3S. The van der Waals surface area contributed by atoms with Gasteiger partial charge in [0.1, 0.15) is 6.20 Å². The van der Waals surface area contributed by atoms with Crippen molar-refractivity contribution in [2.24, 2.45) is 0 Å². The monoisotopic (exact) mass is 197 g/mol. The molecule has 0 radical (unpaired) electrons. The molecule has 2 rings (SSSR count). The first kappa shape index (κ1) is 7.87. The summed E-state index contributed by atoms with van der Waals surface area (Å²) in [7, 11) is 0. The van der Waals surface area contributed by atoms with Crippen molar-refractivity contribution in [1.82, 2.24) is 9.38 Å². The van der Waals surface area contributed by atoms with Crippen molar-refractivity contribution in [2.45, 2.75) is 0 Å². The number of hydrogen-bond acceptors (Lipinski definition) is 5. The standard InChI is InChI=1S/C6H3N3O3S/c10-5-4(9(11)12)3-7-6-8(5)1-2-13-6/h1-3H. The van der Waals surface area contributed by atoms with Gasteiger partial charge in [0.25, 0.3) is 0 Å². The molecule has 0 fully saturated rings. The summed E-state index contributed by atoms with van der Waals surface area (Å²) in [5, 5.41) is 12.0. The fraction of sp³-hybridized carbons (Fsp3) is 0. The second kappa shape index (κ2) is 2.63. The van der Waals surface area contributed by atoms with Crippen molar-refractivity contribution in [3.05, 3.63) is 38.2 Å². The number of nitrogens with zero attached hydrogens (tertiary/aromatic N) is 3. The molecule has 2 aromatic rings. The Hall–Kier alpha value is -1.76. The Morgan fingerprint density at radius 2 is 2.38 bits per heavy atom. The van der Waals surface area contributed by atoms with Gasteiger partial charge in [0.05, 0.1) is 4.92 Å². The zero-order valence-corrected chi connectivity index (χ0v) is 7.02. The van der Waals surface area contributed by atoms with Crippen LogP contribution >= 0.6 is 11.3 Å². The normalized spacial score (nSPS) is 10.5. The lowest BCUT2D eigenvalue weighted by Gasteiger charge is -1.90. The highest BCUT2D eigenvalue weighted by Crippen LogP contribution is 2.08. The largest absolute Gasteiger partial charge is 0.352 e. The molecule has 0 saturated carbocycles. The minimum Gasteiger partial charge on any atom is -0.261 e. The van der Waals surface area contributed by atoms with Crippen LogP contribution in [-0.4, -0.2) is 14.3 Å². The van der Waals surface area contributed by atoms with Crippen LogP contribution in [0.15, 0.2) is 22.6 Å². The number of nitro groups is 1. The van der Waals surface area contributed by atoms with Crippen LogP contribution < -0.4 is 5.56 Å². The minimum absolute atomic E-state index is 0.454. The third-order valence-corrected chi connectivity index (χ3v) is 2.29. The average molecular weight is 197 g/mol. The Kier molecular flexibility index (Phi) is 1.59. The number of aromatic nitrogens is 2. The van der Waals surface area contributed by atoms with Crippen molar-refractivity contribution in [2.75, 3.05) is 0 Å². The van der Waals surface area contributed by atoms with Gasteiger partial charge in [-0.25, -0.2) is 4.98 Å². The molecule has 7 heteroatoms. The maximum atomic E-state index is 11.3. The molecule has 2 heterocycles. The van der Waals surface area contributed by atoms with E-state index in [1.807, 2.05) is 0 Å². The second-order valence-corrected chi connectivity index (χ2v) is 3.13. The van der Waals surface area contributed by atoms with E-state index in [0.29, 0.717) is 4.96 Å². The number of hydrogen-bond donors (Lipinski definition) is 0. The first-order chi connectivity index (χ1) is 6.20. The lowest BCUT2D eigenvalue weighted by Crippen LogP contribution is -2.15. The van der Waals surface area contributed by atoms with E-state index in [-0.39, 0.29) is 0 Å². The van der Waals surface area contributed by atoms with E-state index in [4.69, 9.17) is 0 Å². The molecule has 0 atom stereocenters. The third-order valence-electron chi connectivity index (χ3n) is 1.52. The molecule has 0 bridgehead atoms. The van der Waals surface area contributed by atoms with Gasteiger partial charge in [-0.05, 0) is 0 Å². The molecule has 2 aromatic heterocycles. The lowest BCUT2D eigenvalue weighted by molar-refractivity contribution is -0.386. The summed E-state index contributed by atoms with van der Waals surface area (Å²) in [6.45, 7) is 0. The molecule has 0 aliphatic carbocycles. The van der Waals surface area contributed by atoms with Gasteiger partial charge < -0.3 is 0 Å². The highest BCUT2D eigenvalue weighted by molar-refractivity contribution is 7.15. The van der Waals surface area contributed by atoms with Gasteiger partial charge in [0, 0.05) is 11.6 Å². The zero-order chi connectivity index (χ0) is 9.42. The highest BCUT2D eigenvalue weighted by Gasteiger charge is 2.14. The molecule has 6 nitrogen and oxygen atoms in total. The predicted molar refractivity (Wildman–Crippen MR) is 46.0 cm³/mol. The lowest BCUT2D eigenvalue weighted by atomic mass is 10.5. The predicted octanol–water partition coefficient (Wildman–Crippen LogP) is 0.664. The molecule has 66 valence electrons. The second-order valence-electron chi connectivity index (χ2n) is 2.26. The van der Waals surface area contributed by atoms with E-state index in [9.17, 15) is 14.9 Å². The summed E-state index contributed by atoms with van der Waals surface area (Å²) >= 11 is 1.25. The Morgan fingerprint density at radius 3 is 3.08 bits per heavy atom. The molecular weight excluding hydrogens is 194 g/mol. The summed E-state index contributed by atoms with van der Waals surface area (Å²) < 4.78 is 1.16. The van der Waals surface area contributed by atoms with Gasteiger partial charge in [-0.3, -0.25) is 19.3 Å². The summed E-state index contributed by atoms with van der Waals surface area (Å²) in [5.74, 6) is 0. The summed E-state index contributed by atoms with van der Waals surface area (Å²) in [4.78, 5) is 25.1. The van der Waals surface area contributed by atoms with Gasteiger partial charge in [-0.2, -0.15) is 0 Å². The molecule has 0 saturated heterocycles. The maximum absolute atomic E-state index is 11.3. The first-order valence-corrected chi connectivity index (χ1v) is 4.17. The van der Waals surface area contributed by atoms with Crippen LogP contribution in [0, 0.1) is 10.1 Å². The smallest absolute Gasteiger partial charge is 0.261 e. The van der Waals surface area contributed by atoms with Crippen LogP contribution in [0.2, 0.25) is 0 Å². The molecule has 0 N–H and O–H groups in total. The van der Waals surface area contributed by atoms with Gasteiger partial charge in [-0.1, -0.05) is 0 Å². The molecule has 0 aliphatic rings. The van der Waals surface area contributed by atoms with Crippen LogP contribution in [-0.2, 0) is 0 Å². The number of fused-ring (bicyclic) bond motifs is 1. The number of rotatable bonds is 1. The molecule has 13 heavy (non-hydrogen) atoms. The van der Waals surface area contributed by atoms with Gasteiger partial charge in [0.15, 0.2) is 4.96 Å². The van der Waals surface area contributed by atoms with E-state index >= 15 is 0 Å². The van der Waals surface area contributed by atoms with Crippen LogP contribution in [0.5, 0.6) is 0 Å². The Balaban J connectivity index is 2.89. The summed E-state index contributed by atoms with van der Waals surface area (Å²) in [6.07, 6.45) is 2.44. The molecule has 0 amide bonds. The van der Waals surface area contributed by atoms with Crippen LogP contribution in [0.25, 0.3) is 4.96 Å². The van der Waals surface area contributed by atoms with Crippen LogP contribution in [0.1, 0.15) is 0 Å². The van der Waals surface area contributed by atoms with E-state index in [2.05, 4.69) is 4.98 Å². The van der Waals surface area contributed by atoms with Crippen molar-refractivity contribution in [1.29, 1.82) is 0 Å². The molecule has 0 spiro atoms. The highest BCUT2D eigenvalue weighted by atomic mass is 32.1. The SMILES string of the molecule is O=c1c([N+](=O)[O-])cnc2sccn12. The van der Waals surface area contributed by atoms with E-state index < -0.39 is 16.2 Å². The molecule has 0 unspecified atom stereocenters. The fourth-order valence-electron chi connectivity index (χ4n) is 0.940. The Morgan fingerprint density at radius 1 is 1.62 bits per heavy atom. The van der Waals surface area contributed by atoms with Gasteiger partial charge in [-0.15, -0.1) is 11.3 Å². The summed E-state index contributed by atoms with van der Waals surface area (Å²) in [5.41, 5.74) is -1.15. The van der Waals surface area contributed by atoms with Crippen LogP contribution in [0.4, 0.5) is 5.69 Å². The van der Waals surface area contributed by atoms with Crippen molar-refractivity contribution in [3.63, 3.8) is 0 Å². The van der Waals surface area contributed by atoms with E-state index in [1.165, 1.54) is 17.5 Å². The third kappa shape index (κ3) is 1.09. The molecule has 0 aliphatic heterocycles. The fourth-order valence-corrected chi connectivity index (χ4v) is 1.62. The van der Waals surface area contributed by atoms with Crippen LogP contribution in [0.3, 0.4) is 0 Å². The molecule has 0 aromatic carbocycles. The zero-order valence-electron chi connectivity index (χ0n) is 6.21. The first-order valence-electron chi connectivity index (χ1n) is 3.29. The number of thiazole rings is 1. The topological polar surface area (TPSA) is 77.5 Å².